The van der Waals surface area contributed by atoms with Crippen LogP contribution >= 0.6 is 23.2 Å². The molecule has 2 rings (SSSR count). The average molecular weight is 395 g/mol. The first-order valence-corrected chi connectivity index (χ1v) is 9.60. The van der Waals surface area contributed by atoms with Crippen molar-refractivity contribution in [3.63, 3.8) is 0 Å². The summed E-state index contributed by atoms with van der Waals surface area (Å²) in [4.78, 5) is 23.2. The second kappa shape index (κ2) is 10.3. The molecule has 5 nitrogen and oxygen atoms in total. The Balaban J connectivity index is 1.97. The Hall–Kier alpha value is -1.85. The summed E-state index contributed by atoms with van der Waals surface area (Å²) < 4.78 is 0. The van der Waals surface area contributed by atoms with E-state index in [0.29, 0.717) is 34.7 Å². The van der Waals surface area contributed by atoms with Crippen LogP contribution in [-0.4, -0.2) is 35.5 Å². The van der Waals surface area contributed by atoms with E-state index >= 15 is 0 Å². The molecule has 0 spiro atoms. The lowest BCUT2D eigenvalue weighted by Crippen LogP contribution is -2.30. The maximum absolute atomic E-state index is 12.4. The summed E-state index contributed by atoms with van der Waals surface area (Å²) in [7, 11) is 0. The number of carbonyl (C=O) groups excluding carboxylic acids is 1. The van der Waals surface area contributed by atoms with Crippen LogP contribution in [0.5, 0.6) is 0 Å². The van der Waals surface area contributed by atoms with E-state index in [-0.39, 0.29) is 5.91 Å². The lowest BCUT2D eigenvalue weighted by molar-refractivity contribution is 0.0949. The summed E-state index contributed by atoms with van der Waals surface area (Å²) in [5, 5.41) is 4.08. The van der Waals surface area contributed by atoms with Crippen LogP contribution in [0, 0.1) is 0 Å². The molecule has 0 saturated heterocycles. The van der Waals surface area contributed by atoms with Gasteiger partial charge in [-0.1, -0.05) is 43.1 Å². The van der Waals surface area contributed by atoms with E-state index in [1.54, 1.807) is 24.4 Å². The van der Waals surface area contributed by atoms with Crippen LogP contribution in [0.15, 0.2) is 30.5 Å². The van der Waals surface area contributed by atoms with E-state index in [9.17, 15) is 4.79 Å². The highest BCUT2D eigenvalue weighted by molar-refractivity contribution is 6.35. The summed E-state index contributed by atoms with van der Waals surface area (Å²) in [5.41, 5.74) is 1.31. The number of nitrogens with zero attached hydrogens (tertiary/aromatic N) is 3. The topological polar surface area (TPSA) is 58.1 Å². The Morgan fingerprint density at radius 2 is 1.88 bits per heavy atom. The van der Waals surface area contributed by atoms with Gasteiger partial charge in [0.25, 0.3) is 5.91 Å². The minimum Gasteiger partial charge on any atom is -0.350 e. The van der Waals surface area contributed by atoms with Gasteiger partial charge in [0, 0.05) is 35.9 Å². The van der Waals surface area contributed by atoms with Crippen molar-refractivity contribution in [2.45, 2.75) is 33.1 Å². The first-order valence-electron chi connectivity index (χ1n) is 8.85. The number of nitrogens with one attached hydrogen (secondary N) is 1. The number of aromatic nitrogens is 2. The molecule has 0 bridgehead atoms. The van der Waals surface area contributed by atoms with Crippen molar-refractivity contribution in [2.75, 3.05) is 24.5 Å². The predicted octanol–water partition coefficient (Wildman–Crippen LogP) is 4.38. The zero-order chi connectivity index (χ0) is 18.9. The van der Waals surface area contributed by atoms with E-state index < -0.39 is 0 Å². The summed E-state index contributed by atoms with van der Waals surface area (Å²) in [6.07, 6.45) is 4.26. The number of hydrogen-bond acceptors (Lipinski definition) is 4. The van der Waals surface area contributed by atoms with Crippen LogP contribution < -0.4 is 10.2 Å². The van der Waals surface area contributed by atoms with Gasteiger partial charge in [0.2, 0.25) is 5.95 Å². The highest BCUT2D eigenvalue weighted by Gasteiger charge is 2.12. The van der Waals surface area contributed by atoms with Crippen molar-refractivity contribution in [2.24, 2.45) is 0 Å². The van der Waals surface area contributed by atoms with Crippen molar-refractivity contribution in [1.29, 1.82) is 0 Å². The lowest BCUT2D eigenvalue weighted by atomic mass is 10.1. The molecule has 1 amide bonds. The molecule has 1 heterocycles. The number of benzene rings is 1. The maximum Gasteiger partial charge on any atom is 0.270 e. The number of hydrogen-bond donors (Lipinski definition) is 1. The fourth-order valence-corrected chi connectivity index (χ4v) is 3.11. The van der Waals surface area contributed by atoms with Crippen molar-refractivity contribution in [1.82, 2.24) is 15.3 Å². The van der Waals surface area contributed by atoms with Crippen molar-refractivity contribution >= 4 is 35.1 Å². The molecule has 1 aromatic carbocycles. The van der Waals surface area contributed by atoms with E-state index in [1.165, 1.54) is 0 Å². The van der Waals surface area contributed by atoms with Gasteiger partial charge in [0.15, 0.2) is 0 Å². The van der Waals surface area contributed by atoms with Gasteiger partial charge >= 0.3 is 0 Å². The fraction of sp³-hybridized carbons (Fsp3) is 0.421. The number of amides is 1. The Morgan fingerprint density at radius 3 is 2.54 bits per heavy atom. The molecule has 1 N–H and O–H groups in total. The molecule has 1 aromatic heterocycles. The van der Waals surface area contributed by atoms with Gasteiger partial charge in [-0.25, -0.2) is 9.97 Å². The maximum atomic E-state index is 12.4. The largest absolute Gasteiger partial charge is 0.350 e. The Bertz CT molecular complexity index is 733. The van der Waals surface area contributed by atoms with Crippen molar-refractivity contribution < 1.29 is 4.79 Å². The normalized spacial score (nSPS) is 10.6. The first-order chi connectivity index (χ1) is 12.5. The van der Waals surface area contributed by atoms with Crippen LogP contribution in [0.4, 0.5) is 5.95 Å². The molecule has 2 aromatic rings. The number of halogens is 2. The number of carbonyl (C=O) groups is 1. The molecule has 0 aliphatic carbocycles. The van der Waals surface area contributed by atoms with Gasteiger partial charge < -0.3 is 10.2 Å². The molecule has 0 radical (unpaired) electrons. The molecule has 0 atom stereocenters. The minimum absolute atomic E-state index is 0.216. The summed E-state index contributed by atoms with van der Waals surface area (Å²) in [5.74, 6) is 0.383. The van der Waals surface area contributed by atoms with Crippen LogP contribution in [0.25, 0.3) is 0 Å². The molecule has 0 saturated carbocycles. The molecular formula is C19H24Cl2N4O. The van der Waals surface area contributed by atoms with Gasteiger partial charge in [-0.2, -0.15) is 0 Å². The third kappa shape index (κ3) is 5.85. The molecule has 0 aliphatic rings. The van der Waals surface area contributed by atoms with Gasteiger partial charge in [-0.3, -0.25) is 4.79 Å². The van der Waals surface area contributed by atoms with Crippen molar-refractivity contribution in [3.8, 4) is 0 Å². The van der Waals surface area contributed by atoms with E-state index in [1.807, 2.05) is 6.07 Å². The van der Waals surface area contributed by atoms with Gasteiger partial charge in [-0.05, 0) is 43.0 Å². The highest BCUT2D eigenvalue weighted by Crippen LogP contribution is 2.21. The molecule has 0 aliphatic heterocycles. The fourth-order valence-electron chi connectivity index (χ4n) is 2.60. The lowest BCUT2D eigenvalue weighted by Gasteiger charge is -2.21. The van der Waals surface area contributed by atoms with Gasteiger partial charge in [0.1, 0.15) is 5.69 Å². The molecule has 26 heavy (non-hydrogen) atoms. The quantitative estimate of drug-likeness (QED) is 0.685. The third-order valence-corrected chi connectivity index (χ3v) is 4.43. The van der Waals surface area contributed by atoms with Crippen molar-refractivity contribution in [3.05, 3.63) is 51.8 Å². The standard InChI is InChI=1S/C19H24Cl2N4O/c1-3-11-25(12-4-2)19-23-10-8-17(24-19)18(26)22-9-7-14-5-6-15(20)13-16(14)21/h5-6,8,10,13H,3-4,7,9,11-12H2,1-2H3,(H,22,26). The van der Waals surface area contributed by atoms with E-state index in [0.717, 1.165) is 31.5 Å². The minimum atomic E-state index is -0.216. The monoisotopic (exact) mass is 394 g/mol. The Kier molecular flexibility index (Phi) is 8.13. The smallest absolute Gasteiger partial charge is 0.270 e. The van der Waals surface area contributed by atoms with E-state index in [4.69, 9.17) is 23.2 Å². The second-order valence-electron chi connectivity index (χ2n) is 5.97. The summed E-state index contributed by atoms with van der Waals surface area (Å²) in [6, 6.07) is 6.99. The molecule has 140 valence electrons. The summed E-state index contributed by atoms with van der Waals surface area (Å²) >= 11 is 12.0. The van der Waals surface area contributed by atoms with Gasteiger partial charge in [-0.15, -0.1) is 0 Å². The predicted molar refractivity (Wildman–Crippen MR) is 107 cm³/mol. The molecular weight excluding hydrogens is 371 g/mol. The van der Waals surface area contributed by atoms with Gasteiger partial charge in [0.05, 0.1) is 0 Å². The van der Waals surface area contributed by atoms with Crippen LogP contribution in [0.1, 0.15) is 42.7 Å². The first kappa shape index (κ1) is 20.5. The molecule has 7 heteroatoms. The highest BCUT2D eigenvalue weighted by atomic mass is 35.5. The molecule has 0 unspecified atom stereocenters. The Morgan fingerprint density at radius 1 is 1.15 bits per heavy atom. The second-order valence-corrected chi connectivity index (χ2v) is 6.81. The van der Waals surface area contributed by atoms with Crippen LogP contribution in [0.3, 0.4) is 0 Å². The Labute approximate surface area is 164 Å². The van der Waals surface area contributed by atoms with E-state index in [2.05, 4.69) is 34.0 Å². The number of anilines is 1. The van der Waals surface area contributed by atoms with Crippen LogP contribution in [0.2, 0.25) is 10.0 Å². The van der Waals surface area contributed by atoms with Crippen LogP contribution in [-0.2, 0) is 6.42 Å². The zero-order valence-corrected chi connectivity index (χ0v) is 16.6. The summed E-state index contributed by atoms with van der Waals surface area (Å²) in [6.45, 7) is 6.43. The third-order valence-electron chi connectivity index (χ3n) is 3.84. The average Bonchev–Trinajstić information content (AvgIpc) is 2.63. The molecule has 0 fully saturated rings. The SMILES string of the molecule is CCCN(CCC)c1nccc(C(=O)NCCc2ccc(Cl)cc2Cl)n1. The zero-order valence-electron chi connectivity index (χ0n) is 15.1. The number of rotatable bonds is 9.